The minimum atomic E-state index is -3.46. The van der Waals surface area contributed by atoms with Crippen LogP contribution in [0.5, 0.6) is 0 Å². The zero-order valence-electron chi connectivity index (χ0n) is 22.4. The normalized spacial score (nSPS) is 13.1. The molecule has 0 fully saturated rings. The van der Waals surface area contributed by atoms with Crippen molar-refractivity contribution in [2.45, 2.75) is 17.2 Å². The van der Waals surface area contributed by atoms with Gasteiger partial charge in [-0.1, -0.05) is 0 Å². The van der Waals surface area contributed by atoms with Gasteiger partial charge in [0.05, 0.1) is 0 Å². The van der Waals surface area contributed by atoms with Gasteiger partial charge in [-0.2, -0.15) is 0 Å². The second kappa shape index (κ2) is 12.7. The van der Waals surface area contributed by atoms with E-state index in [2.05, 4.69) is 36.4 Å². The number of esters is 1. The molecule has 0 heterocycles. The van der Waals surface area contributed by atoms with Gasteiger partial charge in [0.1, 0.15) is 0 Å². The van der Waals surface area contributed by atoms with E-state index >= 15 is 0 Å². The molecule has 0 saturated heterocycles. The Morgan fingerprint density at radius 1 is 0.575 bits per heavy atom. The van der Waals surface area contributed by atoms with E-state index in [0.29, 0.717) is 5.56 Å². The summed E-state index contributed by atoms with van der Waals surface area (Å²) in [5.74, 6) is -0.711. The van der Waals surface area contributed by atoms with Gasteiger partial charge in [-0.15, -0.1) is 0 Å². The van der Waals surface area contributed by atoms with Gasteiger partial charge in [0.2, 0.25) is 0 Å². The molecule has 0 aromatic heterocycles. The molecule has 0 amide bonds. The number of ether oxygens (including phenoxy) is 1. The Balaban J connectivity index is 1.84. The Morgan fingerprint density at radius 3 is 1.35 bits per heavy atom. The van der Waals surface area contributed by atoms with Crippen molar-refractivity contribution in [1.82, 2.24) is 0 Å². The van der Waals surface area contributed by atoms with Crippen LogP contribution in [0.2, 0.25) is 4.82 Å². The summed E-state index contributed by atoms with van der Waals surface area (Å²) in [5.41, 5.74) is 1.59. The molecule has 40 heavy (non-hydrogen) atoms. The van der Waals surface area contributed by atoms with E-state index in [1.807, 2.05) is 115 Å². The van der Waals surface area contributed by atoms with Crippen LogP contribution >= 0.6 is 0 Å². The summed E-state index contributed by atoms with van der Waals surface area (Å²) < 4.78 is 8.99. The zero-order chi connectivity index (χ0) is 27.8. The Hall–Kier alpha value is -4.24. The van der Waals surface area contributed by atoms with Crippen LogP contribution in [-0.2, 0) is 9.53 Å². The number of benzene rings is 5. The van der Waals surface area contributed by atoms with Gasteiger partial charge in [0, 0.05) is 0 Å². The molecule has 4 heteroatoms. The zero-order valence-corrected chi connectivity index (χ0v) is 24.1. The molecule has 0 unspecified atom stereocenters. The van der Waals surface area contributed by atoms with Crippen molar-refractivity contribution >= 4 is 38.0 Å². The number of carbonyl (C=O) groups is 2. The fraction of sp³-hybridized carbons (Fsp3) is 0.111. The van der Waals surface area contributed by atoms with E-state index in [1.165, 1.54) is 7.11 Å². The maximum absolute atomic E-state index is 14.3. The summed E-state index contributed by atoms with van der Waals surface area (Å²) in [7, 11) is 1.46. The average Bonchev–Trinajstić information content (AvgIpc) is 3.04. The van der Waals surface area contributed by atoms with Gasteiger partial charge in [-0.3, -0.25) is 0 Å². The molecule has 0 radical (unpaired) electrons. The predicted octanol–water partition coefficient (Wildman–Crippen LogP) is 5.76. The molecule has 0 spiro atoms. The van der Waals surface area contributed by atoms with Crippen LogP contribution in [0.3, 0.4) is 0 Å². The second-order valence-electron chi connectivity index (χ2n) is 9.55. The fourth-order valence-electron chi connectivity index (χ4n) is 5.47. The van der Waals surface area contributed by atoms with Gasteiger partial charge >= 0.3 is 239 Å². The Labute approximate surface area is 238 Å². The van der Waals surface area contributed by atoms with E-state index in [4.69, 9.17) is 4.74 Å². The van der Waals surface area contributed by atoms with E-state index in [9.17, 15) is 9.59 Å². The SMILES string of the molecule is COC(=O)[C@H]([C@@H](CC(=O)c1ccccc1)c1ccccc1)[Se](c1ccccc1)(c1ccccc1)c1ccccc1. The van der Waals surface area contributed by atoms with E-state index in [-0.39, 0.29) is 18.2 Å². The van der Waals surface area contributed by atoms with Crippen LogP contribution in [0.15, 0.2) is 152 Å². The van der Waals surface area contributed by atoms with Gasteiger partial charge in [-0.05, 0) is 0 Å². The fourth-order valence-corrected chi connectivity index (χ4v) is 15.1. The number of methoxy groups -OCH3 is 1. The van der Waals surface area contributed by atoms with Gasteiger partial charge in [0.25, 0.3) is 0 Å². The summed E-state index contributed by atoms with van der Waals surface area (Å²) in [5, 5.41) is 0. The third-order valence-corrected chi connectivity index (χ3v) is 16.3. The molecule has 0 aliphatic rings. The molecule has 200 valence electrons. The summed E-state index contributed by atoms with van der Waals surface area (Å²) in [6, 6.07) is 50.4. The van der Waals surface area contributed by atoms with Crippen LogP contribution in [0.4, 0.5) is 0 Å². The molecule has 5 aromatic carbocycles. The Bertz CT molecular complexity index is 1430. The minimum absolute atomic E-state index is 0.00319. The predicted molar refractivity (Wildman–Crippen MR) is 164 cm³/mol. The third-order valence-electron chi connectivity index (χ3n) is 7.25. The van der Waals surface area contributed by atoms with Gasteiger partial charge in [-0.25, -0.2) is 0 Å². The number of hydrogen-bond donors (Lipinski definition) is 0. The van der Waals surface area contributed by atoms with Crippen LogP contribution in [0, 0.1) is 0 Å². The summed E-state index contributed by atoms with van der Waals surface area (Å²) in [4.78, 5) is 27.6. The van der Waals surface area contributed by atoms with Gasteiger partial charge < -0.3 is 0 Å². The first-order chi connectivity index (χ1) is 19.7. The van der Waals surface area contributed by atoms with Crippen molar-refractivity contribution in [2.75, 3.05) is 7.11 Å². The molecule has 0 saturated carbocycles. The van der Waals surface area contributed by atoms with Gasteiger partial charge in [0.15, 0.2) is 0 Å². The quantitative estimate of drug-likeness (QED) is 0.118. The first kappa shape index (κ1) is 27.3. The number of carbonyl (C=O) groups excluding carboxylic acids is 2. The third kappa shape index (κ3) is 5.42. The Morgan fingerprint density at radius 2 is 0.950 bits per heavy atom. The molecule has 0 N–H and O–H groups in total. The van der Waals surface area contributed by atoms with Crippen molar-refractivity contribution in [3.8, 4) is 0 Å². The van der Waals surface area contributed by atoms with Crippen molar-refractivity contribution in [2.24, 2.45) is 0 Å². The summed E-state index contributed by atoms with van der Waals surface area (Å²) in [6.07, 6.45) is 0.180. The molecule has 3 nitrogen and oxygen atoms in total. The number of hydrogen-bond acceptors (Lipinski definition) is 3. The van der Waals surface area contributed by atoms with Crippen LogP contribution < -0.4 is 13.4 Å². The van der Waals surface area contributed by atoms with E-state index in [1.54, 1.807) is 0 Å². The molecule has 0 bridgehead atoms. The van der Waals surface area contributed by atoms with E-state index < -0.39 is 23.6 Å². The number of ketones is 1. The molecule has 2 atom stereocenters. The number of Topliss-reactive ketones (excluding diaryl/α,β-unsaturated/α-hetero) is 1. The molecular formula is C36H32O3Se. The first-order valence-electron chi connectivity index (χ1n) is 13.3. The van der Waals surface area contributed by atoms with Crippen molar-refractivity contribution in [3.05, 3.63) is 163 Å². The standard InChI is InChI=1S/C36H32O3Se/c1-39-36(38)35(33(28-17-7-2-8-18-28)27-34(37)29-19-9-3-10-20-29)40(30-21-11-4-12-22-30,31-23-13-5-14-24-31)32-25-15-6-16-26-32/h2-26,33,35H,27H2,1H3/t33-,35-/m0/s1. The molecular weight excluding hydrogens is 559 g/mol. The summed E-state index contributed by atoms with van der Waals surface area (Å²) >= 11 is -3.46. The van der Waals surface area contributed by atoms with Crippen molar-refractivity contribution in [1.29, 1.82) is 0 Å². The average molecular weight is 592 g/mol. The Kier molecular flexibility index (Phi) is 8.71. The van der Waals surface area contributed by atoms with Crippen LogP contribution in [0.25, 0.3) is 0 Å². The number of rotatable bonds is 10. The van der Waals surface area contributed by atoms with E-state index in [0.717, 1.165) is 18.9 Å². The van der Waals surface area contributed by atoms with Crippen molar-refractivity contribution in [3.63, 3.8) is 0 Å². The first-order valence-corrected chi connectivity index (χ1v) is 16.9. The summed E-state index contributed by atoms with van der Waals surface area (Å²) in [6.45, 7) is 0. The monoisotopic (exact) mass is 592 g/mol. The molecule has 0 aliphatic heterocycles. The second-order valence-corrected chi connectivity index (χ2v) is 16.4. The topological polar surface area (TPSA) is 43.4 Å². The van der Waals surface area contributed by atoms with Crippen LogP contribution in [0.1, 0.15) is 28.3 Å². The molecule has 5 rings (SSSR count). The maximum atomic E-state index is 14.3. The molecule has 0 aliphatic carbocycles. The van der Waals surface area contributed by atoms with Crippen molar-refractivity contribution < 1.29 is 14.3 Å². The molecule has 5 aromatic rings. The van der Waals surface area contributed by atoms with Crippen LogP contribution in [-0.4, -0.2) is 31.7 Å².